The van der Waals surface area contributed by atoms with E-state index in [1.165, 1.54) is 0 Å². The van der Waals surface area contributed by atoms with Crippen molar-refractivity contribution in [2.24, 2.45) is 5.11 Å². The lowest BCUT2D eigenvalue weighted by atomic mass is 9.89. The number of amides is 1. The molecule has 0 unspecified atom stereocenters. The molecule has 0 radical (unpaired) electrons. The summed E-state index contributed by atoms with van der Waals surface area (Å²) in [6.07, 6.45) is -7.52. The van der Waals surface area contributed by atoms with E-state index in [2.05, 4.69) is 15.3 Å². The second kappa shape index (κ2) is 11.9. The highest BCUT2D eigenvalue weighted by Gasteiger charge is 2.56. The maximum Gasteiger partial charge on any atom is 0.408 e. The number of nitrogens with one attached hydrogen (secondary N) is 1. The Morgan fingerprint density at radius 2 is 1.97 bits per heavy atom. The first-order valence-corrected chi connectivity index (χ1v) is 11.7. The van der Waals surface area contributed by atoms with Gasteiger partial charge in [-0.15, -0.1) is 0 Å². The number of carbonyl (C=O) groups is 2. The number of alkyl carbamates (subject to hydrolysis) is 1. The van der Waals surface area contributed by atoms with E-state index in [-0.39, 0.29) is 6.42 Å². The Balaban J connectivity index is 2.45. The Bertz CT molecular complexity index is 934. The summed E-state index contributed by atoms with van der Waals surface area (Å²) in [6.45, 7) is 6.34. The third-order valence-corrected chi connectivity index (χ3v) is 6.39. The first-order chi connectivity index (χ1) is 16.3. The molecule has 1 aliphatic rings. The van der Waals surface area contributed by atoms with Crippen molar-refractivity contribution in [3.05, 3.63) is 40.3 Å². The van der Waals surface area contributed by atoms with E-state index in [4.69, 9.17) is 19.7 Å². The third-order valence-electron chi connectivity index (χ3n) is 5.12. The van der Waals surface area contributed by atoms with Gasteiger partial charge in [0.05, 0.1) is 31.9 Å². The number of carbonyl (C=O) groups excluding carboxylic acids is 2. The van der Waals surface area contributed by atoms with Crippen LogP contribution >= 0.6 is 11.8 Å². The van der Waals surface area contributed by atoms with E-state index < -0.39 is 59.6 Å². The van der Waals surface area contributed by atoms with E-state index in [9.17, 15) is 24.9 Å². The number of thioether (sulfide) groups is 1. The number of rotatable bonds is 8. The minimum atomic E-state index is -1.82. The second-order valence-corrected chi connectivity index (χ2v) is 10.5. The Kier molecular flexibility index (Phi) is 9.78. The van der Waals surface area contributed by atoms with E-state index in [0.717, 1.165) is 24.4 Å². The van der Waals surface area contributed by atoms with Gasteiger partial charge in [0.1, 0.15) is 17.8 Å². The molecule has 1 saturated heterocycles. The van der Waals surface area contributed by atoms with Gasteiger partial charge in [0.2, 0.25) is 4.93 Å². The summed E-state index contributed by atoms with van der Waals surface area (Å²) < 4.78 is 16.3. The Hall–Kier alpha value is -2.54. The molecule has 1 aliphatic heterocycles. The van der Waals surface area contributed by atoms with Crippen LogP contribution in [0.5, 0.6) is 0 Å². The summed E-state index contributed by atoms with van der Waals surface area (Å²) in [6, 6.07) is 5.89. The molecule has 35 heavy (non-hydrogen) atoms. The van der Waals surface area contributed by atoms with Gasteiger partial charge in [0, 0.05) is 16.2 Å². The van der Waals surface area contributed by atoms with E-state index >= 15 is 0 Å². The number of azide groups is 1. The fraction of sp³-hybridized carbons (Fsp3) is 0.636. The van der Waals surface area contributed by atoms with Crippen LogP contribution in [-0.4, -0.2) is 82.0 Å². The van der Waals surface area contributed by atoms with Gasteiger partial charge in [0.25, 0.3) is 0 Å². The lowest BCUT2D eigenvalue weighted by Gasteiger charge is -2.47. The van der Waals surface area contributed by atoms with Crippen molar-refractivity contribution in [1.29, 1.82) is 0 Å². The Morgan fingerprint density at radius 3 is 2.51 bits per heavy atom. The maximum atomic E-state index is 12.9. The molecule has 4 N–H and O–H groups in total. The molecular weight excluding hydrogens is 480 g/mol. The number of aliphatic hydroxyl groups is 3. The fourth-order valence-corrected chi connectivity index (χ4v) is 4.74. The van der Waals surface area contributed by atoms with Crippen LogP contribution in [0.15, 0.2) is 34.3 Å². The number of hydrogen-bond donors (Lipinski definition) is 4. The van der Waals surface area contributed by atoms with E-state index in [1.54, 1.807) is 32.9 Å². The summed E-state index contributed by atoms with van der Waals surface area (Å²) in [5.74, 6) is -0.834. The van der Waals surface area contributed by atoms with Gasteiger partial charge in [-0.3, -0.25) is 0 Å². The van der Waals surface area contributed by atoms with Gasteiger partial charge in [-0.25, -0.2) is 9.59 Å². The summed E-state index contributed by atoms with van der Waals surface area (Å²) in [5, 5.41) is 38.0. The molecular formula is C22H32N4O8S. The van der Waals surface area contributed by atoms with Gasteiger partial charge in [-0.2, -0.15) is 0 Å². The molecule has 1 heterocycles. The molecule has 0 aromatic heterocycles. The molecule has 2 rings (SSSR count). The number of aliphatic hydroxyl groups excluding tert-OH is 3. The van der Waals surface area contributed by atoms with E-state index in [0.29, 0.717) is 4.90 Å². The van der Waals surface area contributed by atoms with Crippen LogP contribution in [0.3, 0.4) is 0 Å². The van der Waals surface area contributed by atoms with Crippen LogP contribution < -0.4 is 5.32 Å². The molecule has 1 aromatic carbocycles. The van der Waals surface area contributed by atoms with Crippen molar-refractivity contribution in [2.75, 3.05) is 13.7 Å². The zero-order valence-electron chi connectivity index (χ0n) is 20.2. The number of hydrogen-bond acceptors (Lipinski definition) is 10. The molecule has 0 spiro atoms. The number of aryl methyl sites for hydroxylation is 1. The first-order valence-electron chi connectivity index (χ1n) is 10.9. The first kappa shape index (κ1) is 28.7. The molecule has 6 atom stereocenters. The van der Waals surface area contributed by atoms with E-state index in [1.807, 2.05) is 19.1 Å². The standard InChI is InChI=1S/C22H32N4O8S/c1-12-6-8-13(9-7-12)35-22(19(30)32-5)10-14(27)16(25-20(31)34-21(2,3)4)18(33-22)17(29)15(28)11-24-26-23/h6-9,14-18,27-29H,10-11H2,1-5H3,(H,25,31)/t14-,15+,16+,17+,18+,22+/m0/s1. The number of esters is 1. The molecule has 1 fully saturated rings. The number of nitrogens with zero attached hydrogens (tertiary/aromatic N) is 3. The van der Waals surface area contributed by atoms with Crippen LogP contribution in [0.1, 0.15) is 32.8 Å². The topological polar surface area (TPSA) is 183 Å². The van der Waals surface area contributed by atoms with Gasteiger partial charge in [-0.1, -0.05) is 34.6 Å². The van der Waals surface area contributed by atoms with Crippen molar-refractivity contribution in [1.82, 2.24) is 5.32 Å². The number of ether oxygens (including phenoxy) is 3. The predicted molar refractivity (Wildman–Crippen MR) is 126 cm³/mol. The molecule has 0 saturated carbocycles. The molecule has 13 heteroatoms. The zero-order chi connectivity index (χ0) is 26.4. The van der Waals surface area contributed by atoms with Crippen LogP contribution in [-0.2, 0) is 19.0 Å². The molecule has 0 aliphatic carbocycles. The number of methoxy groups -OCH3 is 1. The molecule has 12 nitrogen and oxygen atoms in total. The minimum absolute atomic E-state index is 0.311. The highest BCUT2D eigenvalue weighted by Crippen LogP contribution is 2.44. The highest BCUT2D eigenvalue weighted by molar-refractivity contribution is 8.01. The van der Waals surface area contributed by atoms with Crippen LogP contribution in [0.4, 0.5) is 4.79 Å². The highest BCUT2D eigenvalue weighted by atomic mass is 32.2. The SMILES string of the molecule is COC(=O)[C@]1(Sc2ccc(C)cc2)C[C@H](O)[C@@H](NC(=O)OC(C)(C)C)[C@H]([C@H](O)[C@H](O)CN=[N+]=[N-])O1. The summed E-state index contributed by atoms with van der Waals surface area (Å²) in [5.41, 5.74) is 8.69. The Morgan fingerprint density at radius 1 is 1.34 bits per heavy atom. The van der Waals surface area contributed by atoms with Crippen molar-refractivity contribution in [2.45, 2.75) is 80.0 Å². The molecule has 1 amide bonds. The van der Waals surface area contributed by atoms with Gasteiger partial charge in [-0.05, 0) is 45.4 Å². The lowest BCUT2D eigenvalue weighted by Crippen LogP contribution is -2.66. The van der Waals surface area contributed by atoms with Crippen LogP contribution in [0.25, 0.3) is 10.4 Å². The minimum Gasteiger partial charge on any atom is -0.466 e. The molecule has 194 valence electrons. The smallest absolute Gasteiger partial charge is 0.408 e. The number of benzene rings is 1. The normalized spacial score (nSPS) is 26.1. The third kappa shape index (κ3) is 7.72. The quantitative estimate of drug-likeness (QED) is 0.175. The van der Waals surface area contributed by atoms with Crippen molar-refractivity contribution >= 4 is 23.8 Å². The average Bonchev–Trinajstić information content (AvgIpc) is 2.78. The lowest BCUT2D eigenvalue weighted by molar-refractivity contribution is -0.203. The largest absolute Gasteiger partial charge is 0.466 e. The van der Waals surface area contributed by atoms with Gasteiger partial charge in [0.15, 0.2) is 0 Å². The molecule has 1 aromatic rings. The maximum absolute atomic E-state index is 12.9. The fourth-order valence-electron chi connectivity index (χ4n) is 3.50. The van der Waals surface area contributed by atoms with Crippen LogP contribution in [0, 0.1) is 6.92 Å². The van der Waals surface area contributed by atoms with Crippen LogP contribution in [0.2, 0.25) is 0 Å². The van der Waals surface area contributed by atoms with Crippen molar-refractivity contribution < 1.29 is 39.1 Å². The van der Waals surface area contributed by atoms with Crippen molar-refractivity contribution in [3.63, 3.8) is 0 Å². The monoisotopic (exact) mass is 512 g/mol. The zero-order valence-corrected chi connectivity index (χ0v) is 21.1. The summed E-state index contributed by atoms with van der Waals surface area (Å²) in [7, 11) is 1.16. The van der Waals surface area contributed by atoms with Gasteiger partial charge < -0.3 is 34.8 Å². The average molecular weight is 513 g/mol. The second-order valence-electron chi connectivity index (χ2n) is 9.16. The predicted octanol–water partition coefficient (Wildman–Crippen LogP) is 2.03. The van der Waals surface area contributed by atoms with Crippen molar-refractivity contribution in [3.8, 4) is 0 Å². The summed E-state index contributed by atoms with van der Waals surface area (Å²) in [4.78, 5) is 26.7. The molecule has 0 bridgehead atoms. The summed E-state index contributed by atoms with van der Waals surface area (Å²) >= 11 is 0.963. The van der Waals surface area contributed by atoms with Gasteiger partial charge >= 0.3 is 12.1 Å². The Labute approximate surface area is 207 Å².